The number of hydrogen-bond acceptors (Lipinski definition) is 8. The molecule has 10 heteroatoms. The van der Waals surface area contributed by atoms with E-state index < -0.39 is 9.84 Å². The fourth-order valence-electron chi connectivity index (χ4n) is 4.07. The molecule has 1 fully saturated rings. The van der Waals surface area contributed by atoms with Crippen molar-refractivity contribution in [3.63, 3.8) is 0 Å². The van der Waals surface area contributed by atoms with Gasteiger partial charge in [0.05, 0.1) is 10.4 Å². The van der Waals surface area contributed by atoms with Crippen molar-refractivity contribution in [3.8, 4) is 17.4 Å². The first-order chi connectivity index (χ1) is 15.9. The largest absolute Gasteiger partial charge is 0.504 e. The van der Waals surface area contributed by atoms with Gasteiger partial charge >= 0.3 is 0 Å². The zero-order valence-corrected chi connectivity index (χ0v) is 18.8. The van der Waals surface area contributed by atoms with Crippen LogP contribution in [-0.2, 0) is 9.84 Å². The van der Waals surface area contributed by atoms with E-state index in [4.69, 9.17) is 4.74 Å². The van der Waals surface area contributed by atoms with Crippen LogP contribution in [0.2, 0.25) is 0 Å². The molecule has 0 radical (unpaired) electrons. The van der Waals surface area contributed by atoms with Crippen LogP contribution in [-0.4, -0.2) is 58.5 Å². The summed E-state index contributed by atoms with van der Waals surface area (Å²) in [4.78, 5) is 15.2. The van der Waals surface area contributed by atoms with Gasteiger partial charge in [-0.1, -0.05) is 0 Å². The van der Waals surface area contributed by atoms with Crippen molar-refractivity contribution < 1.29 is 18.3 Å². The van der Waals surface area contributed by atoms with Crippen LogP contribution in [0.4, 0.5) is 5.82 Å². The number of nitrogens with zero attached hydrogens (tertiary/aromatic N) is 5. The molecule has 1 aromatic carbocycles. The third-order valence-electron chi connectivity index (χ3n) is 5.76. The Kier molecular flexibility index (Phi) is 5.37. The highest BCUT2D eigenvalue weighted by molar-refractivity contribution is 7.90. The molecule has 1 saturated heterocycles. The van der Waals surface area contributed by atoms with Gasteiger partial charge in [-0.05, 0) is 36.4 Å². The summed E-state index contributed by atoms with van der Waals surface area (Å²) in [6.45, 7) is 1.44. The van der Waals surface area contributed by atoms with Crippen molar-refractivity contribution in [2.75, 3.05) is 24.2 Å². The van der Waals surface area contributed by atoms with E-state index in [1.807, 2.05) is 16.8 Å². The summed E-state index contributed by atoms with van der Waals surface area (Å²) in [6, 6.07) is 12.0. The van der Waals surface area contributed by atoms with Gasteiger partial charge in [-0.2, -0.15) is 0 Å². The summed E-state index contributed by atoms with van der Waals surface area (Å²) >= 11 is 0. The summed E-state index contributed by atoms with van der Waals surface area (Å²) < 4.78 is 31.7. The van der Waals surface area contributed by atoms with Crippen molar-refractivity contribution >= 4 is 26.6 Å². The molecule has 0 amide bonds. The summed E-state index contributed by atoms with van der Waals surface area (Å²) in [5.74, 6) is 1.89. The SMILES string of the molecule is CS(=O)(=O)c1ccc2c(ccn2-c2cc(OC3CCN(c4ncccc4O)CC3)ncn2)c1. The van der Waals surface area contributed by atoms with Crippen molar-refractivity contribution in [3.05, 3.63) is 61.2 Å². The first-order valence-electron chi connectivity index (χ1n) is 10.6. The first-order valence-corrected chi connectivity index (χ1v) is 12.5. The smallest absolute Gasteiger partial charge is 0.218 e. The number of rotatable bonds is 5. The third kappa shape index (κ3) is 4.34. The van der Waals surface area contributed by atoms with E-state index >= 15 is 0 Å². The minimum atomic E-state index is -3.27. The molecule has 5 rings (SSSR count). The number of benzene rings is 1. The fourth-order valence-corrected chi connectivity index (χ4v) is 4.72. The predicted molar refractivity (Wildman–Crippen MR) is 124 cm³/mol. The third-order valence-corrected chi connectivity index (χ3v) is 6.87. The van der Waals surface area contributed by atoms with E-state index in [0.717, 1.165) is 36.8 Å². The maximum absolute atomic E-state index is 11.8. The molecule has 9 nitrogen and oxygen atoms in total. The van der Waals surface area contributed by atoms with E-state index in [-0.39, 0.29) is 16.7 Å². The maximum atomic E-state index is 11.8. The van der Waals surface area contributed by atoms with E-state index in [9.17, 15) is 13.5 Å². The Morgan fingerprint density at radius 3 is 2.64 bits per heavy atom. The molecule has 0 atom stereocenters. The molecule has 1 aliphatic heterocycles. The lowest BCUT2D eigenvalue weighted by molar-refractivity contribution is 0.163. The van der Waals surface area contributed by atoms with Gasteiger partial charge in [-0.3, -0.25) is 0 Å². The van der Waals surface area contributed by atoms with Crippen molar-refractivity contribution in [1.29, 1.82) is 0 Å². The topological polar surface area (TPSA) is 110 Å². The van der Waals surface area contributed by atoms with Crippen molar-refractivity contribution in [2.24, 2.45) is 0 Å². The number of fused-ring (bicyclic) bond motifs is 1. The summed E-state index contributed by atoms with van der Waals surface area (Å²) in [6.07, 6.45) is 7.72. The number of piperidine rings is 1. The Labute approximate surface area is 191 Å². The minimum Gasteiger partial charge on any atom is -0.504 e. The molecule has 0 spiro atoms. The highest BCUT2D eigenvalue weighted by Crippen LogP contribution is 2.28. The summed E-state index contributed by atoms with van der Waals surface area (Å²) in [7, 11) is -3.27. The molecule has 0 aliphatic carbocycles. The molecule has 0 saturated carbocycles. The molecule has 0 unspecified atom stereocenters. The number of aromatic hydroxyl groups is 1. The Hall–Kier alpha value is -3.66. The quantitative estimate of drug-likeness (QED) is 0.479. The van der Waals surface area contributed by atoms with Crippen LogP contribution < -0.4 is 9.64 Å². The lowest BCUT2D eigenvalue weighted by Gasteiger charge is -2.32. The van der Waals surface area contributed by atoms with Crippen LogP contribution >= 0.6 is 0 Å². The zero-order valence-electron chi connectivity index (χ0n) is 18.0. The van der Waals surface area contributed by atoms with Crippen molar-refractivity contribution in [2.45, 2.75) is 23.8 Å². The standard InChI is InChI=1S/C23H23N5O4S/c1-33(30,31)18-4-5-19-16(13-18)6-12-28(19)21-14-22(26-15-25-21)32-17-7-10-27(11-8-17)23-20(29)3-2-9-24-23/h2-6,9,12-15,17,29H,7-8,10-11H2,1H3. The van der Waals surface area contributed by atoms with Crippen LogP contribution in [0, 0.1) is 0 Å². The van der Waals surface area contributed by atoms with Gasteiger partial charge in [0.15, 0.2) is 21.4 Å². The number of pyridine rings is 1. The van der Waals surface area contributed by atoms with Crippen LogP contribution in [0.1, 0.15) is 12.8 Å². The second-order valence-electron chi connectivity index (χ2n) is 8.04. The van der Waals surface area contributed by atoms with E-state index in [1.54, 1.807) is 42.6 Å². The van der Waals surface area contributed by atoms with E-state index in [0.29, 0.717) is 17.5 Å². The molecule has 33 heavy (non-hydrogen) atoms. The van der Waals surface area contributed by atoms with Gasteiger partial charge in [0.25, 0.3) is 0 Å². The Morgan fingerprint density at radius 1 is 1.06 bits per heavy atom. The monoisotopic (exact) mass is 465 g/mol. The molecule has 1 N–H and O–H groups in total. The summed E-state index contributed by atoms with van der Waals surface area (Å²) in [5, 5.41) is 10.8. The molecular formula is C23H23N5O4S. The highest BCUT2D eigenvalue weighted by atomic mass is 32.2. The Morgan fingerprint density at radius 2 is 1.88 bits per heavy atom. The molecule has 0 bridgehead atoms. The number of ether oxygens (including phenoxy) is 1. The second-order valence-corrected chi connectivity index (χ2v) is 10.1. The molecule has 3 aromatic heterocycles. The van der Waals surface area contributed by atoms with Gasteiger partial charge in [-0.25, -0.2) is 23.4 Å². The number of sulfone groups is 1. The molecule has 1 aliphatic rings. The van der Waals surface area contributed by atoms with Gasteiger partial charge in [-0.15, -0.1) is 0 Å². The van der Waals surface area contributed by atoms with Gasteiger partial charge in [0.1, 0.15) is 18.2 Å². The summed E-state index contributed by atoms with van der Waals surface area (Å²) in [5.41, 5.74) is 0.843. The first kappa shape index (κ1) is 21.2. The molecule has 170 valence electrons. The lowest BCUT2D eigenvalue weighted by atomic mass is 10.1. The predicted octanol–water partition coefficient (Wildman–Crippen LogP) is 2.97. The molecular weight excluding hydrogens is 442 g/mol. The number of aromatic nitrogens is 4. The van der Waals surface area contributed by atoms with Gasteiger partial charge in [0, 0.05) is 56.0 Å². The van der Waals surface area contributed by atoms with Crippen LogP contribution in [0.15, 0.2) is 66.1 Å². The van der Waals surface area contributed by atoms with Crippen LogP contribution in [0.5, 0.6) is 11.6 Å². The lowest BCUT2D eigenvalue weighted by Crippen LogP contribution is -2.38. The molecule has 4 heterocycles. The minimum absolute atomic E-state index is 0.00594. The zero-order chi connectivity index (χ0) is 23.0. The number of hydrogen-bond donors (Lipinski definition) is 1. The normalized spacial score (nSPS) is 15.1. The van der Waals surface area contributed by atoms with Gasteiger partial charge < -0.3 is 19.3 Å². The average Bonchev–Trinajstić information content (AvgIpc) is 3.23. The second kappa shape index (κ2) is 8.36. The van der Waals surface area contributed by atoms with Gasteiger partial charge in [0.2, 0.25) is 5.88 Å². The Bertz CT molecular complexity index is 1410. The average molecular weight is 466 g/mol. The van der Waals surface area contributed by atoms with E-state index in [1.165, 1.54) is 12.6 Å². The van der Waals surface area contributed by atoms with Crippen LogP contribution in [0.25, 0.3) is 16.7 Å². The van der Waals surface area contributed by atoms with Crippen molar-refractivity contribution in [1.82, 2.24) is 19.5 Å². The fraction of sp³-hybridized carbons (Fsp3) is 0.261. The maximum Gasteiger partial charge on any atom is 0.218 e. The van der Waals surface area contributed by atoms with Crippen LogP contribution in [0.3, 0.4) is 0 Å². The Balaban J connectivity index is 1.31. The van der Waals surface area contributed by atoms with E-state index in [2.05, 4.69) is 19.9 Å². The highest BCUT2D eigenvalue weighted by Gasteiger charge is 2.23. The number of anilines is 1. The molecule has 4 aromatic rings.